The number of hydrogen-bond acceptors (Lipinski definition) is 5. The van der Waals surface area contributed by atoms with Crippen molar-refractivity contribution in [1.82, 2.24) is 16.0 Å². The SMILES string of the molecule is O=C1NC(SCc2ccccc2C(F)(F)F)NCC1C(=O)NC1c2ccc(Cl)cc2Oc2cccc(Cl)c21. The fraction of sp³-hybridized carbons (Fsp3) is 0.231. The van der Waals surface area contributed by atoms with Gasteiger partial charge in [0.2, 0.25) is 11.8 Å². The molecule has 0 aromatic heterocycles. The number of hydrogen-bond donors (Lipinski definition) is 3. The number of amides is 2. The van der Waals surface area contributed by atoms with E-state index in [9.17, 15) is 22.8 Å². The van der Waals surface area contributed by atoms with Crippen molar-refractivity contribution in [3.05, 3.63) is 93.0 Å². The maximum absolute atomic E-state index is 13.3. The van der Waals surface area contributed by atoms with Gasteiger partial charge in [-0.15, -0.1) is 11.8 Å². The van der Waals surface area contributed by atoms with Crippen LogP contribution in [0, 0.1) is 5.92 Å². The van der Waals surface area contributed by atoms with Gasteiger partial charge in [-0.1, -0.05) is 53.5 Å². The van der Waals surface area contributed by atoms with Crippen molar-refractivity contribution < 1.29 is 27.5 Å². The normalized spacial score (nSPS) is 20.6. The molecule has 6 nitrogen and oxygen atoms in total. The summed E-state index contributed by atoms with van der Waals surface area (Å²) in [6.45, 7) is 0.00231. The topological polar surface area (TPSA) is 79.5 Å². The van der Waals surface area contributed by atoms with E-state index in [4.69, 9.17) is 27.9 Å². The van der Waals surface area contributed by atoms with Gasteiger partial charge in [-0.3, -0.25) is 14.9 Å². The summed E-state index contributed by atoms with van der Waals surface area (Å²) in [5.74, 6) is -1.22. The van der Waals surface area contributed by atoms with Crippen LogP contribution in [0.25, 0.3) is 0 Å². The molecule has 3 aromatic carbocycles. The van der Waals surface area contributed by atoms with Crippen LogP contribution in [-0.4, -0.2) is 23.9 Å². The molecular weight excluding hydrogens is 562 g/mol. The van der Waals surface area contributed by atoms with Crippen LogP contribution in [0.15, 0.2) is 60.7 Å². The van der Waals surface area contributed by atoms with Crippen LogP contribution in [0.4, 0.5) is 13.2 Å². The van der Waals surface area contributed by atoms with E-state index in [0.717, 1.165) is 17.8 Å². The van der Waals surface area contributed by atoms with E-state index < -0.39 is 41.0 Å². The predicted molar refractivity (Wildman–Crippen MR) is 139 cm³/mol. The van der Waals surface area contributed by atoms with Crippen LogP contribution in [-0.2, 0) is 21.5 Å². The van der Waals surface area contributed by atoms with Gasteiger partial charge in [0.05, 0.1) is 11.6 Å². The largest absolute Gasteiger partial charge is 0.456 e. The zero-order valence-electron chi connectivity index (χ0n) is 19.4. The van der Waals surface area contributed by atoms with Gasteiger partial charge in [0, 0.05) is 33.5 Å². The maximum Gasteiger partial charge on any atom is 0.416 e. The first-order valence-corrected chi connectivity index (χ1v) is 13.3. The fourth-order valence-electron chi connectivity index (χ4n) is 4.39. The molecule has 2 aliphatic rings. The minimum absolute atomic E-state index is 0.00231. The number of ether oxygens (including phenoxy) is 1. The van der Waals surface area contributed by atoms with E-state index >= 15 is 0 Å². The predicted octanol–water partition coefficient (Wildman–Crippen LogP) is 5.88. The van der Waals surface area contributed by atoms with Gasteiger partial charge in [-0.05, 0) is 35.9 Å². The Morgan fingerprint density at radius 1 is 1.08 bits per heavy atom. The summed E-state index contributed by atoms with van der Waals surface area (Å²) in [7, 11) is 0. The van der Waals surface area contributed by atoms with Crippen LogP contribution < -0.4 is 20.7 Å². The molecular formula is C26H20Cl2F3N3O3S. The van der Waals surface area contributed by atoms with Crippen molar-refractivity contribution in [3.8, 4) is 11.5 Å². The minimum Gasteiger partial charge on any atom is -0.456 e. The van der Waals surface area contributed by atoms with Crippen molar-refractivity contribution in [2.75, 3.05) is 6.54 Å². The highest BCUT2D eigenvalue weighted by Gasteiger charge is 2.38. The number of benzene rings is 3. The lowest BCUT2D eigenvalue weighted by atomic mass is 9.93. The summed E-state index contributed by atoms with van der Waals surface area (Å²) in [5, 5.41) is 9.45. The Morgan fingerprint density at radius 2 is 1.87 bits per heavy atom. The molecule has 1 saturated heterocycles. The second-order valence-corrected chi connectivity index (χ2v) is 10.6. The standard InChI is InChI=1S/C26H20Cl2F3N3O3S/c27-14-8-9-15-20(10-14)37-19-7-3-6-18(28)21(19)22(15)33-23(35)16-11-32-25(34-24(16)36)38-12-13-4-1-2-5-17(13)26(29,30)31/h1-10,16,22,25,32H,11-12H2,(H,33,35)(H,34,36). The van der Waals surface area contributed by atoms with Crippen LogP contribution >= 0.6 is 35.0 Å². The van der Waals surface area contributed by atoms with Crippen LogP contribution in [0.3, 0.4) is 0 Å². The van der Waals surface area contributed by atoms with Crippen molar-refractivity contribution >= 4 is 46.8 Å². The third-order valence-corrected chi connectivity index (χ3v) is 7.90. The van der Waals surface area contributed by atoms with E-state index in [0.29, 0.717) is 32.7 Å². The quantitative estimate of drug-likeness (QED) is 0.328. The van der Waals surface area contributed by atoms with Gasteiger partial charge in [0.15, 0.2) is 0 Å². The third-order valence-electron chi connectivity index (χ3n) is 6.24. The van der Waals surface area contributed by atoms with Gasteiger partial charge in [-0.2, -0.15) is 13.2 Å². The van der Waals surface area contributed by atoms with Gasteiger partial charge in [0.25, 0.3) is 0 Å². The molecule has 12 heteroatoms. The van der Waals surface area contributed by atoms with Crippen molar-refractivity contribution in [2.45, 2.75) is 23.5 Å². The number of halogens is 5. The first kappa shape index (κ1) is 26.7. The second kappa shape index (κ2) is 10.7. The van der Waals surface area contributed by atoms with Crippen LogP contribution in [0.5, 0.6) is 11.5 Å². The molecule has 2 heterocycles. The smallest absolute Gasteiger partial charge is 0.416 e. The van der Waals surface area contributed by atoms with Gasteiger partial charge in [-0.25, -0.2) is 0 Å². The maximum atomic E-state index is 13.3. The highest BCUT2D eigenvalue weighted by atomic mass is 35.5. The molecule has 2 aliphatic heterocycles. The monoisotopic (exact) mass is 581 g/mol. The lowest BCUT2D eigenvalue weighted by molar-refractivity contribution is -0.138. The second-order valence-electron chi connectivity index (χ2n) is 8.69. The number of rotatable bonds is 5. The Morgan fingerprint density at radius 3 is 2.63 bits per heavy atom. The zero-order chi connectivity index (χ0) is 27.0. The molecule has 0 aliphatic carbocycles. The summed E-state index contributed by atoms with van der Waals surface area (Å²) in [6.07, 6.45) is -4.47. The van der Waals surface area contributed by atoms with Gasteiger partial charge in [0.1, 0.15) is 22.9 Å². The number of fused-ring (bicyclic) bond motifs is 2. The van der Waals surface area contributed by atoms with E-state index in [1.54, 1.807) is 36.4 Å². The highest BCUT2D eigenvalue weighted by Crippen LogP contribution is 2.46. The molecule has 0 spiro atoms. The Hall–Kier alpha value is -2.92. The Labute approximate surface area is 230 Å². The summed E-state index contributed by atoms with van der Waals surface area (Å²) < 4.78 is 45.8. The van der Waals surface area contributed by atoms with Gasteiger partial charge >= 0.3 is 6.18 Å². The van der Waals surface area contributed by atoms with E-state index in [-0.39, 0.29) is 17.9 Å². The number of carbonyl (C=O) groups is 2. The van der Waals surface area contributed by atoms with E-state index in [1.807, 2.05) is 0 Å². The zero-order valence-corrected chi connectivity index (χ0v) is 21.8. The first-order valence-electron chi connectivity index (χ1n) is 11.5. The molecule has 3 unspecified atom stereocenters. The molecule has 0 saturated carbocycles. The van der Waals surface area contributed by atoms with Crippen molar-refractivity contribution in [1.29, 1.82) is 0 Å². The Balaban J connectivity index is 1.27. The summed E-state index contributed by atoms with van der Waals surface area (Å²) in [6, 6.07) is 14.7. The number of alkyl halides is 3. The summed E-state index contributed by atoms with van der Waals surface area (Å²) in [5.41, 5.74) is -0.0878. The molecule has 5 rings (SSSR count). The Bertz CT molecular complexity index is 1410. The van der Waals surface area contributed by atoms with Crippen LogP contribution in [0.1, 0.15) is 28.3 Å². The molecule has 0 radical (unpaired) electrons. The first-order chi connectivity index (χ1) is 18.1. The molecule has 0 bridgehead atoms. The van der Waals surface area contributed by atoms with Crippen LogP contribution in [0.2, 0.25) is 10.0 Å². The van der Waals surface area contributed by atoms with Crippen molar-refractivity contribution in [2.24, 2.45) is 5.92 Å². The van der Waals surface area contributed by atoms with E-state index in [1.165, 1.54) is 18.2 Å². The lowest BCUT2D eigenvalue weighted by Gasteiger charge is -2.33. The number of nitrogens with one attached hydrogen (secondary N) is 3. The molecule has 2 amide bonds. The minimum atomic E-state index is -4.47. The highest BCUT2D eigenvalue weighted by molar-refractivity contribution is 7.99. The molecule has 1 fully saturated rings. The number of carbonyl (C=O) groups excluding carboxylic acids is 2. The lowest BCUT2D eigenvalue weighted by Crippen LogP contribution is -2.58. The van der Waals surface area contributed by atoms with E-state index in [2.05, 4.69) is 16.0 Å². The molecule has 3 atom stereocenters. The summed E-state index contributed by atoms with van der Waals surface area (Å²) in [4.78, 5) is 26.1. The number of thioether (sulfide) groups is 1. The average molecular weight is 582 g/mol. The Kier molecular flexibility index (Phi) is 7.50. The molecule has 198 valence electrons. The molecule has 38 heavy (non-hydrogen) atoms. The average Bonchev–Trinajstić information content (AvgIpc) is 2.86. The van der Waals surface area contributed by atoms with Gasteiger partial charge < -0.3 is 15.4 Å². The third kappa shape index (κ3) is 5.44. The fourth-order valence-corrected chi connectivity index (χ4v) is 5.84. The molecule has 3 N–H and O–H groups in total. The molecule has 3 aromatic rings. The summed E-state index contributed by atoms with van der Waals surface area (Å²) >= 11 is 13.7. The van der Waals surface area contributed by atoms with Crippen molar-refractivity contribution in [3.63, 3.8) is 0 Å².